The molecule has 1 amide bonds. The molecule has 0 aromatic carbocycles. The van der Waals surface area contributed by atoms with Gasteiger partial charge in [-0.2, -0.15) is 5.10 Å². The van der Waals surface area contributed by atoms with Gasteiger partial charge in [0.2, 0.25) is 5.91 Å². The van der Waals surface area contributed by atoms with Crippen LogP contribution in [0.15, 0.2) is 23.6 Å². The predicted octanol–water partition coefficient (Wildman–Crippen LogP) is 1.01. The summed E-state index contributed by atoms with van der Waals surface area (Å²) in [4.78, 5) is 23.0. The van der Waals surface area contributed by atoms with E-state index in [2.05, 4.69) is 17.0 Å². The first kappa shape index (κ1) is 15.2. The number of anilines is 1. The Balaban J connectivity index is 2.93. The van der Waals surface area contributed by atoms with Gasteiger partial charge in [-0.15, -0.1) is 6.58 Å². The molecule has 0 bridgehead atoms. The lowest BCUT2D eigenvalue weighted by molar-refractivity contribution is -0.125. The minimum Gasteiger partial charge on any atom is -0.381 e. The number of hydrogen-bond donors (Lipinski definition) is 2. The first-order valence-electron chi connectivity index (χ1n) is 5.70. The van der Waals surface area contributed by atoms with E-state index in [1.807, 2.05) is 0 Å². The largest absolute Gasteiger partial charge is 0.381 e. The molecule has 1 heterocycles. The molecule has 0 spiro atoms. The fourth-order valence-electron chi connectivity index (χ4n) is 1.24. The van der Waals surface area contributed by atoms with Gasteiger partial charge >= 0.3 is 0 Å². The lowest BCUT2D eigenvalue weighted by atomic mass is 9.93. The van der Waals surface area contributed by atoms with Gasteiger partial charge in [0.15, 0.2) is 0 Å². The maximum absolute atomic E-state index is 11.8. The highest BCUT2D eigenvalue weighted by Crippen LogP contribution is 2.19. The number of allylic oxidation sites excluding steroid dienone is 1. The molecule has 1 rings (SSSR count). The second kappa shape index (κ2) is 5.88. The van der Waals surface area contributed by atoms with Crippen molar-refractivity contribution in [2.24, 2.45) is 11.1 Å². The molecule has 104 valence electrons. The maximum Gasteiger partial charge on any atom is 0.287 e. The molecular weight excluding hydrogens is 268 g/mol. The number of rotatable bonds is 6. The van der Waals surface area contributed by atoms with Crippen molar-refractivity contribution in [3.8, 4) is 0 Å². The first-order chi connectivity index (χ1) is 8.79. The zero-order chi connectivity index (χ0) is 14.6. The third-order valence-electron chi connectivity index (χ3n) is 2.67. The van der Waals surface area contributed by atoms with Crippen molar-refractivity contribution in [1.29, 1.82) is 0 Å². The molecule has 1 aromatic rings. The molecule has 0 aliphatic rings. The number of primary amides is 1. The van der Waals surface area contributed by atoms with Gasteiger partial charge in [-0.3, -0.25) is 9.59 Å². The Labute approximate surface area is 116 Å². The average molecular weight is 285 g/mol. The Kier molecular flexibility index (Phi) is 4.72. The van der Waals surface area contributed by atoms with Crippen LogP contribution in [0.2, 0.25) is 5.02 Å². The molecule has 1 aromatic heterocycles. The van der Waals surface area contributed by atoms with Gasteiger partial charge in [0.05, 0.1) is 23.8 Å². The number of nitrogens with two attached hydrogens (primary N) is 1. The van der Waals surface area contributed by atoms with Gasteiger partial charge < -0.3 is 11.1 Å². The van der Waals surface area contributed by atoms with E-state index < -0.39 is 16.9 Å². The Morgan fingerprint density at radius 1 is 1.68 bits per heavy atom. The Morgan fingerprint density at radius 2 is 2.32 bits per heavy atom. The summed E-state index contributed by atoms with van der Waals surface area (Å²) < 4.78 is 1.19. The molecular formula is C12H17ClN4O2. The SMILES string of the molecule is C=CCn1ncc(NCC(C)(C)C(N)=O)c(Cl)c1=O. The maximum atomic E-state index is 11.8. The first-order valence-corrected chi connectivity index (χ1v) is 6.07. The van der Waals surface area contributed by atoms with Gasteiger partial charge in [0.25, 0.3) is 5.56 Å². The second-order valence-corrected chi connectivity index (χ2v) is 5.13. The lowest BCUT2D eigenvalue weighted by Crippen LogP contribution is -2.37. The van der Waals surface area contributed by atoms with E-state index in [1.54, 1.807) is 19.9 Å². The Morgan fingerprint density at radius 3 is 2.84 bits per heavy atom. The lowest BCUT2D eigenvalue weighted by Gasteiger charge is -2.21. The number of aromatic nitrogens is 2. The van der Waals surface area contributed by atoms with Crippen LogP contribution in [0.5, 0.6) is 0 Å². The number of amides is 1. The van der Waals surface area contributed by atoms with Gasteiger partial charge in [0.1, 0.15) is 5.02 Å². The predicted molar refractivity (Wildman–Crippen MR) is 75.2 cm³/mol. The quantitative estimate of drug-likeness (QED) is 0.763. The van der Waals surface area contributed by atoms with E-state index in [4.69, 9.17) is 17.3 Å². The molecule has 0 unspecified atom stereocenters. The number of carbonyl (C=O) groups excluding carboxylic acids is 1. The zero-order valence-electron chi connectivity index (χ0n) is 10.9. The second-order valence-electron chi connectivity index (χ2n) is 4.75. The topological polar surface area (TPSA) is 90.0 Å². The van der Waals surface area contributed by atoms with E-state index in [0.29, 0.717) is 5.69 Å². The van der Waals surface area contributed by atoms with Crippen LogP contribution in [-0.2, 0) is 11.3 Å². The van der Waals surface area contributed by atoms with Crippen molar-refractivity contribution >= 4 is 23.2 Å². The van der Waals surface area contributed by atoms with Crippen LogP contribution in [0.25, 0.3) is 0 Å². The van der Waals surface area contributed by atoms with Gasteiger partial charge in [-0.1, -0.05) is 17.7 Å². The summed E-state index contributed by atoms with van der Waals surface area (Å²) in [6, 6.07) is 0. The Bertz CT molecular complexity index is 551. The molecule has 0 fully saturated rings. The smallest absolute Gasteiger partial charge is 0.287 e. The minimum atomic E-state index is -0.751. The number of carbonyl (C=O) groups is 1. The number of halogens is 1. The summed E-state index contributed by atoms with van der Waals surface area (Å²) in [6.45, 7) is 7.46. The van der Waals surface area contributed by atoms with Crippen LogP contribution in [-0.4, -0.2) is 22.2 Å². The average Bonchev–Trinajstić information content (AvgIpc) is 2.34. The van der Waals surface area contributed by atoms with Crippen LogP contribution < -0.4 is 16.6 Å². The van der Waals surface area contributed by atoms with E-state index in [-0.39, 0.29) is 18.1 Å². The molecule has 0 saturated heterocycles. The minimum absolute atomic E-state index is 0.0251. The van der Waals surface area contributed by atoms with Crippen LogP contribution in [0, 0.1) is 5.41 Å². The third-order valence-corrected chi connectivity index (χ3v) is 3.04. The fraction of sp³-hybridized carbons (Fsp3) is 0.417. The van der Waals surface area contributed by atoms with E-state index >= 15 is 0 Å². The number of nitrogens with one attached hydrogen (secondary N) is 1. The third kappa shape index (κ3) is 3.57. The van der Waals surface area contributed by atoms with Gasteiger partial charge in [-0.25, -0.2) is 4.68 Å². The van der Waals surface area contributed by atoms with Crippen LogP contribution in [0.3, 0.4) is 0 Å². The van der Waals surface area contributed by atoms with Crippen molar-refractivity contribution in [2.45, 2.75) is 20.4 Å². The summed E-state index contributed by atoms with van der Waals surface area (Å²) in [7, 11) is 0. The molecule has 0 aliphatic heterocycles. The van der Waals surface area contributed by atoms with Crippen LogP contribution >= 0.6 is 11.6 Å². The normalized spacial score (nSPS) is 11.1. The molecule has 3 N–H and O–H groups in total. The van der Waals surface area contributed by atoms with Crippen molar-refractivity contribution in [3.63, 3.8) is 0 Å². The Hall–Kier alpha value is -1.82. The van der Waals surface area contributed by atoms with Crippen molar-refractivity contribution < 1.29 is 4.79 Å². The molecule has 0 aliphatic carbocycles. The van der Waals surface area contributed by atoms with Gasteiger partial charge in [0, 0.05) is 6.54 Å². The molecule has 19 heavy (non-hydrogen) atoms. The van der Waals surface area contributed by atoms with E-state index in [0.717, 1.165) is 0 Å². The zero-order valence-corrected chi connectivity index (χ0v) is 11.7. The molecule has 6 nitrogen and oxygen atoms in total. The fourth-order valence-corrected chi connectivity index (χ4v) is 1.46. The van der Waals surface area contributed by atoms with Gasteiger partial charge in [-0.05, 0) is 13.8 Å². The summed E-state index contributed by atoms with van der Waals surface area (Å²) in [5.74, 6) is -0.441. The monoisotopic (exact) mass is 284 g/mol. The van der Waals surface area contributed by atoms with E-state index in [9.17, 15) is 9.59 Å². The summed E-state index contributed by atoms with van der Waals surface area (Å²) in [5, 5.41) is 6.88. The van der Waals surface area contributed by atoms with E-state index in [1.165, 1.54) is 10.9 Å². The summed E-state index contributed by atoms with van der Waals surface area (Å²) >= 11 is 5.96. The number of hydrogen-bond acceptors (Lipinski definition) is 4. The van der Waals surface area contributed by atoms with Crippen LogP contribution in [0.4, 0.5) is 5.69 Å². The molecule has 0 atom stereocenters. The summed E-state index contributed by atoms with van der Waals surface area (Å²) in [5.41, 5.74) is 4.47. The number of nitrogens with zero attached hydrogens (tertiary/aromatic N) is 2. The highest BCUT2D eigenvalue weighted by atomic mass is 35.5. The van der Waals surface area contributed by atoms with Crippen molar-refractivity contribution in [3.05, 3.63) is 34.2 Å². The molecule has 0 radical (unpaired) electrons. The van der Waals surface area contributed by atoms with Crippen molar-refractivity contribution in [2.75, 3.05) is 11.9 Å². The highest BCUT2D eigenvalue weighted by molar-refractivity contribution is 6.32. The molecule has 7 heteroatoms. The summed E-state index contributed by atoms with van der Waals surface area (Å²) in [6.07, 6.45) is 2.98. The van der Waals surface area contributed by atoms with Crippen molar-refractivity contribution in [1.82, 2.24) is 9.78 Å². The molecule has 0 saturated carbocycles. The standard InChI is InChI=1S/C12H17ClN4O2/c1-4-5-17-10(18)9(13)8(6-16-17)15-7-12(2,3)11(14)19/h4,6,15H,1,5,7H2,2-3H3,(H2,14,19). The highest BCUT2D eigenvalue weighted by Gasteiger charge is 2.25. The van der Waals surface area contributed by atoms with Crippen LogP contribution in [0.1, 0.15) is 13.8 Å².